The first-order valence-electron chi connectivity index (χ1n) is 11.9. The van der Waals surface area contributed by atoms with Crippen LogP contribution >= 0.6 is 15.9 Å². The van der Waals surface area contributed by atoms with E-state index in [9.17, 15) is 13.2 Å². The van der Waals surface area contributed by atoms with Crippen LogP contribution < -0.4 is 9.73 Å². The number of anilines is 1. The maximum atomic E-state index is 12.7. The number of carbonyl (C=O) groups excluding carboxylic acids is 1. The number of nitrogens with zero attached hydrogens (tertiary/aromatic N) is 3. The molecule has 0 spiro atoms. The minimum atomic E-state index is -3.53. The highest BCUT2D eigenvalue weighted by molar-refractivity contribution is 9.10. The molecule has 0 bridgehead atoms. The van der Waals surface area contributed by atoms with E-state index in [0.717, 1.165) is 38.2 Å². The molecule has 38 heavy (non-hydrogen) atoms. The van der Waals surface area contributed by atoms with E-state index in [0.29, 0.717) is 11.3 Å². The van der Waals surface area contributed by atoms with Gasteiger partial charge in [-0.3, -0.25) is 9.10 Å². The lowest BCUT2D eigenvalue weighted by molar-refractivity contribution is 0.0955. The van der Waals surface area contributed by atoms with E-state index in [1.165, 1.54) is 10.6 Å². The summed E-state index contributed by atoms with van der Waals surface area (Å²) < 4.78 is 29.4. The average Bonchev–Trinajstić information content (AvgIpc) is 3.16. The fourth-order valence-electron chi connectivity index (χ4n) is 4.17. The molecule has 1 heterocycles. The first-order valence-corrected chi connectivity index (χ1v) is 14.6. The molecular weight excluding hydrogens is 564 g/mol. The maximum Gasteiger partial charge on any atom is 0.271 e. The zero-order valence-electron chi connectivity index (χ0n) is 21.6. The van der Waals surface area contributed by atoms with Gasteiger partial charge in [-0.05, 0) is 80.9 Å². The molecule has 1 amide bonds. The number of benzene rings is 3. The number of rotatable bonds is 8. The van der Waals surface area contributed by atoms with Gasteiger partial charge in [-0.25, -0.2) is 13.8 Å². The van der Waals surface area contributed by atoms with Crippen LogP contribution in [0, 0.1) is 20.8 Å². The topological polar surface area (TPSA) is 83.8 Å². The number of hydrogen-bond donors (Lipinski definition) is 1. The number of amides is 1. The largest absolute Gasteiger partial charge is 0.318 e. The van der Waals surface area contributed by atoms with Gasteiger partial charge in [0.1, 0.15) is 0 Å². The first kappa shape index (κ1) is 27.3. The summed E-state index contributed by atoms with van der Waals surface area (Å²) in [5.41, 5.74) is 9.36. The Hall–Kier alpha value is -3.69. The van der Waals surface area contributed by atoms with Crippen molar-refractivity contribution in [2.24, 2.45) is 5.10 Å². The van der Waals surface area contributed by atoms with E-state index in [1.807, 2.05) is 75.4 Å². The van der Waals surface area contributed by atoms with Gasteiger partial charge in [-0.1, -0.05) is 45.8 Å². The van der Waals surface area contributed by atoms with E-state index in [2.05, 4.69) is 31.0 Å². The van der Waals surface area contributed by atoms with Crippen LogP contribution in [0.5, 0.6) is 0 Å². The molecular formula is C29H29BrN4O3S. The predicted molar refractivity (Wildman–Crippen MR) is 157 cm³/mol. The summed E-state index contributed by atoms with van der Waals surface area (Å²) in [5, 5.41) is 4.15. The third-order valence-corrected chi connectivity index (χ3v) is 7.86. The summed E-state index contributed by atoms with van der Waals surface area (Å²) >= 11 is 3.46. The summed E-state index contributed by atoms with van der Waals surface area (Å²) in [6.45, 7) is 6.20. The van der Waals surface area contributed by atoms with Crippen molar-refractivity contribution >= 4 is 43.8 Å². The molecule has 1 N–H and O–H groups in total. The van der Waals surface area contributed by atoms with E-state index >= 15 is 0 Å². The monoisotopic (exact) mass is 592 g/mol. The third-order valence-electron chi connectivity index (χ3n) is 6.19. The highest BCUT2D eigenvalue weighted by Crippen LogP contribution is 2.23. The lowest BCUT2D eigenvalue weighted by Crippen LogP contribution is -2.29. The van der Waals surface area contributed by atoms with Gasteiger partial charge >= 0.3 is 0 Å². The van der Waals surface area contributed by atoms with E-state index in [1.54, 1.807) is 30.5 Å². The van der Waals surface area contributed by atoms with Crippen molar-refractivity contribution in [3.05, 3.63) is 117 Å². The smallest absolute Gasteiger partial charge is 0.271 e. The zero-order chi connectivity index (χ0) is 27.4. The summed E-state index contributed by atoms with van der Waals surface area (Å²) in [6, 6.07) is 24.2. The molecule has 0 aliphatic rings. The summed E-state index contributed by atoms with van der Waals surface area (Å²) in [6.07, 6.45) is 2.79. The van der Waals surface area contributed by atoms with Gasteiger partial charge in [0, 0.05) is 32.7 Å². The highest BCUT2D eigenvalue weighted by atomic mass is 79.9. The van der Waals surface area contributed by atoms with Crippen LogP contribution in [0.25, 0.3) is 5.69 Å². The van der Waals surface area contributed by atoms with Crippen LogP contribution in [0.15, 0.2) is 88.4 Å². The lowest BCUT2D eigenvalue weighted by Gasteiger charge is -2.22. The van der Waals surface area contributed by atoms with Gasteiger partial charge in [0.05, 0.1) is 24.7 Å². The Labute approximate surface area is 232 Å². The molecule has 0 atom stereocenters. The van der Waals surface area contributed by atoms with Gasteiger partial charge in [0.2, 0.25) is 10.0 Å². The number of carbonyl (C=O) groups is 1. The molecule has 9 heteroatoms. The third kappa shape index (κ3) is 6.41. The van der Waals surface area contributed by atoms with Gasteiger partial charge in [-0.15, -0.1) is 0 Å². The summed E-state index contributed by atoms with van der Waals surface area (Å²) in [7, 11) is -3.53. The van der Waals surface area contributed by atoms with Crippen LogP contribution in [0.1, 0.15) is 38.4 Å². The lowest BCUT2D eigenvalue weighted by atomic mass is 10.1. The van der Waals surface area contributed by atoms with Gasteiger partial charge < -0.3 is 4.57 Å². The van der Waals surface area contributed by atoms with Crippen molar-refractivity contribution in [2.45, 2.75) is 27.3 Å². The Morgan fingerprint density at radius 1 is 0.974 bits per heavy atom. The Morgan fingerprint density at radius 2 is 1.61 bits per heavy atom. The first-order chi connectivity index (χ1) is 18.0. The Bertz CT molecular complexity index is 1570. The number of hydrogen-bond acceptors (Lipinski definition) is 4. The number of halogens is 1. The van der Waals surface area contributed by atoms with Gasteiger partial charge in [0.25, 0.3) is 5.91 Å². The normalized spacial score (nSPS) is 11.6. The molecule has 4 aromatic rings. The molecule has 0 aliphatic heterocycles. The van der Waals surface area contributed by atoms with Gasteiger partial charge in [-0.2, -0.15) is 5.10 Å². The minimum absolute atomic E-state index is 0.202. The quantitative estimate of drug-likeness (QED) is 0.204. The maximum absolute atomic E-state index is 12.7. The Morgan fingerprint density at radius 3 is 2.21 bits per heavy atom. The van der Waals surface area contributed by atoms with Crippen LogP contribution in [0.3, 0.4) is 0 Å². The standard InChI is InChI=1S/C29H29BrN4O3S/c1-20-5-7-23(8-6-20)19-33(38(4,36)37)27-13-9-24(10-14-27)29(35)32-31-18-25-17-21(2)34(22(25)3)28-15-11-26(30)12-16-28/h5-18H,19H2,1-4H3,(H,32,35)/b31-18-. The highest BCUT2D eigenvalue weighted by Gasteiger charge is 2.18. The molecule has 0 fully saturated rings. The fourth-order valence-corrected chi connectivity index (χ4v) is 5.32. The number of hydrazone groups is 1. The van der Waals surface area contributed by atoms with Crippen LogP contribution in [0.4, 0.5) is 5.69 Å². The molecule has 3 aromatic carbocycles. The number of aryl methyl sites for hydroxylation is 2. The van der Waals surface area contributed by atoms with Crippen molar-refractivity contribution in [1.82, 2.24) is 9.99 Å². The Kier molecular flexibility index (Phi) is 8.18. The SMILES string of the molecule is Cc1ccc(CN(c2ccc(C(=O)N/N=C\c3cc(C)n(-c4ccc(Br)cc4)c3C)cc2)S(C)(=O)=O)cc1. The van der Waals surface area contributed by atoms with Crippen LogP contribution in [-0.4, -0.2) is 31.4 Å². The molecule has 0 radical (unpaired) electrons. The van der Waals surface area contributed by atoms with Crippen LogP contribution in [-0.2, 0) is 16.6 Å². The van der Waals surface area contributed by atoms with E-state index in [-0.39, 0.29) is 12.5 Å². The molecule has 0 saturated carbocycles. The van der Waals surface area contributed by atoms with Crippen molar-refractivity contribution in [3.63, 3.8) is 0 Å². The predicted octanol–water partition coefficient (Wildman–Crippen LogP) is 5.90. The second-order valence-electron chi connectivity index (χ2n) is 9.14. The second-order valence-corrected chi connectivity index (χ2v) is 12.0. The van der Waals surface area contributed by atoms with Crippen molar-refractivity contribution in [2.75, 3.05) is 10.6 Å². The van der Waals surface area contributed by atoms with Crippen molar-refractivity contribution in [1.29, 1.82) is 0 Å². The summed E-state index contributed by atoms with van der Waals surface area (Å²) in [5.74, 6) is -0.390. The van der Waals surface area contributed by atoms with Gasteiger partial charge in [0.15, 0.2) is 0 Å². The number of aromatic nitrogens is 1. The molecule has 0 unspecified atom stereocenters. The molecule has 0 saturated heterocycles. The molecule has 7 nitrogen and oxygen atoms in total. The molecule has 1 aromatic heterocycles. The second kappa shape index (κ2) is 11.4. The fraction of sp³-hybridized carbons (Fsp3) is 0.172. The van der Waals surface area contributed by atoms with Crippen molar-refractivity contribution < 1.29 is 13.2 Å². The van der Waals surface area contributed by atoms with E-state index in [4.69, 9.17) is 0 Å². The Balaban J connectivity index is 1.46. The minimum Gasteiger partial charge on any atom is -0.318 e. The summed E-state index contributed by atoms with van der Waals surface area (Å²) in [4.78, 5) is 12.7. The number of sulfonamides is 1. The van der Waals surface area contributed by atoms with Crippen LogP contribution in [0.2, 0.25) is 0 Å². The zero-order valence-corrected chi connectivity index (χ0v) is 24.0. The molecule has 196 valence electrons. The molecule has 4 rings (SSSR count). The van der Waals surface area contributed by atoms with Crippen molar-refractivity contribution in [3.8, 4) is 5.69 Å². The van der Waals surface area contributed by atoms with E-state index < -0.39 is 10.0 Å². The molecule has 0 aliphatic carbocycles. The number of nitrogens with one attached hydrogen (secondary N) is 1. The average molecular weight is 594 g/mol.